The zero-order chi connectivity index (χ0) is 9.47. The Kier molecular flexibility index (Phi) is 2.16. The van der Waals surface area contributed by atoms with Crippen LogP contribution in [0.4, 0.5) is 0 Å². The van der Waals surface area contributed by atoms with Crippen LogP contribution < -0.4 is 5.73 Å². The molecule has 3 nitrogen and oxygen atoms in total. The van der Waals surface area contributed by atoms with Crippen molar-refractivity contribution in [1.29, 1.82) is 0 Å². The van der Waals surface area contributed by atoms with Gasteiger partial charge in [0, 0.05) is 5.92 Å². The van der Waals surface area contributed by atoms with E-state index in [4.69, 9.17) is 5.73 Å². The highest BCUT2D eigenvalue weighted by molar-refractivity contribution is 5.93. The third kappa shape index (κ3) is 1.76. The minimum Gasteiger partial charge on any atom is -0.319 e. The maximum absolute atomic E-state index is 11.8. The molecule has 2 N–H and O–H groups in total. The Balaban J connectivity index is 1.91. The van der Waals surface area contributed by atoms with Gasteiger partial charge in [-0.1, -0.05) is 0 Å². The van der Waals surface area contributed by atoms with Crippen molar-refractivity contribution in [3.8, 4) is 0 Å². The minimum atomic E-state index is -0.402. The van der Waals surface area contributed by atoms with Crippen molar-refractivity contribution >= 4 is 5.78 Å². The van der Waals surface area contributed by atoms with Crippen molar-refractivity contribution in [1.82, 2.24) is 4.90 Å². The second-order valence-corrected chi connectivity index (χ2v) is 4.60. The van der Waals surface area contributed by atoms with Gasteiger partial charge in [0.1, 0.15) is 0 Å². The van der Waals surface area contributed by atoms with Crippen molar-refractivity contribution < 1.29 is 4.79 Å². The molecule has 0 aromatic carbocycles. The van der Waals surface area contributed by atoms with Crippen LogP contribution in [0, 0.1) is 5.92 Å². The second kappa shape index (κ2) is 3.07. The number of carbonyl (C=O) groups excluding carboxylic acids is 1. The summed E-state index contributed by atoms with van der Waals surface area (Å²) >= 11 is 0. The van der Waals surface area contributed by atoms with Gasteiger partial charge in [0.05, 0.1) is 5.54 Å². The fraction of sp³-hybridized carbons (Fsp3) is 0.900. The zero-order valence-corrected chi connectivity index (χ0v) is 8.25. The Morgan fingerprint density at radius 3 is 2.38 bits per heavy atom. The quantitative estimate of drug-likeness (QED) is 0.672. The van der Waals surface area contributed by atoms with E-state index >= 15 is 0 Å². The summed E-state index contributed by atoms with van der Waals surface area (Å²) in [7, 11) is 2.11. The first-order chi connectivity index (χ1) is 6.12. The lowest BCUT2D eigenvalue weighted by Crippen LogP contribution is -2.42. The molecule has 1 saturated heterocycles. The monoisotopic (exact) mass is 182 g/mol. The molecule has 1 aliphatic carbocycles. The van der Waals surface area contributed by atoms with Gasteiger partial charge in [-0.05, 0) is 45.8 Å². The Morgan fingerprint density at radius 2 is 1.92 bits per heavy atom. The van der Waals surface area contributed by atoms with Crippen molar-refractivity contribution in [2.75, 3.05) is 20.1 Å². The number of likely N-dealkylation sites (tertiary alicyclic amines) is 1. The molecule has 2 rings (SSSR count). The van der Waals surface area contributed by atoms with E-state index in [0.29, 0.717) is 5.78 Å². The third-order valence-electron chi connectivity index (χ3n) is 3.37. The Bertz CT molecular complexity index is 215. The fourth-order valence-electron chi connectivity index (χ4n) is 2.06. The summed E-state index contributed by atoms with van der Waals surface area (Å²) in [5.74, 6) is 0.587. The molecular weight excluding hydrogens is 164 g/mol. The van der Waals surface area contributed by atoms with E-state index in [2.05, 4.69) is 11.9 Å². The molecule has 13 heavy (non-hydrogen) atoms. The van der Waals surface area contributed by atoms with Crippen LogP contribution in [0.1, 0.15) is 25.7 Å². The molecule has 0 aromatic heterocycles. The van der Waals surface area contributed by atoms with Gasteiger partial charge in [-0.3, -0.25) is 4.79 Å². The van der Waals surface area contributed by atoms with Gasteiger partial charge in [0.2, 0.25) is 0 Å². The number of nitrogens with zero attached hydrogens (tertiary/aromatic N) is 1. The van der Waals surface area contributed by atoms with E-state index in [9.17, 15) is 4.79 Å². The van der Waals surface area contributed by atoms with Crippen LogP contribution >= 0.6 is 0 Å². The van der Waals surface area contributed by atoms with Gasteiger partial charge in [-0.2, -0.15) is 0 Å². The molecule has 0 radical (unpaired) electrons. The molecule has 0 bridgehead atoms. The van der Waals surface area contributed by atoms with Crippen LogP contribution in [0.5, 0.6) is 0 Å². The lowest BCUT2D eigenvalue weighted by atomic mass is 9.88. The molecule has 0 atom stereocenters. The minimum absolute atomic E-state index is 0.253. The molecule has 0 spiro atoms. The first kappa shape index (κ1) is 9.16. The largest absolute Gasteiger partial charge is 0.319 e. The normalized spacial score (nSPS) is 28.8. The van der Waals surface area contributed by atoms with Gasteiger partial charge in [0.15, 0.2) is 5.78 Å². The molecule has 2 fully saturated rings. The van der Waals surface area contributed by atoms with Crippen molar-refractivity contribution in [2.45, 2.75) is 31.2 Å². The Morgan fingerprint density at radius 1 is 1.38 bits per heavy atom. The van der Waals surface area contributed by atoms with Crippen molar-refractivity contribution in [3.63, 3.8) is 0 Å². The fourth-order valence-corrected chi connectivity index (χ4v) is 2.06. The molecule has 0 aromatic rings. The molecular formula is C10H18N2O. The van der Waals surface area contributed by atoms with Crippen LogP contribution in [-0.2, 0) is 4.79 Å². The highest BCUT2D eigenvalue weighted by Crippen LogP contribution is 2.37. The number of nitrogens with two attached hydrogens (primary N) is 1. The Hall–Kier alpha value is -0.410. The number of rotatable bonds is 2. The van der Waals surface area contributed by atoms with E-state index in [-0.39, 0.29) is 5.92 Å². The molecule has 3 heteroatoms. The van der Waals surface area contributed by atoms with Gasteiger partial charge in [-0.15, -0.1) is 0 Å². The number of hydrogen-bond acceptors (Lipinski definition) is 3. The summed E-state index contributed by atoms with van der Waals surface area (Å²) in [6, 6.07) is 0. The summed E-state index contributed by atoms with van der Waals surface area (Å²) in [6.07, 6.45) is 3.85. The third-order valence-corrected chi connectivity index (χ3v) is 3.37. The second-order valence-electron chi connectivity index (χ2n) is 4.60. The predicted molar refractivity (Wildman–Crippen MR) is 51.4 cm³/mol. The van der Waals surface area contributed by atoms with E-state index < -0.39 is 5.54 Å². The zero-order valence-electron chi connectivity index (χ0n) is 8.25. The van der Waals surface area contributed by atoms with E-state index in [1.54, 1.807) is 0 Å². The number of carbonyl (C=O) groups is 1. The smallest absolute Gasteiger partial charge is 0.155 e. The van der Waals surface area contributed by atoms with Gasteiger partial charge in [0.25, 0.3) is 0 Å². The summed E-state index contributed by atoms with van der Waals surface area (Å²) < 4.78 is 0. The van der Waals surface area contributed by atoms with Crippen LogP contribution in [0.15, 0.2) is 0 Å². The number of ketones is 1. The topological polar surface area (TPSA) is 46.3 Å². The maximum Gasteiger partial charge on any atom is 0.155 e. The predicted octanol–water partition coefficient (Wildman–Crippen LogP) is 0.389. The highest BCUT2D eigenvalue weighted by atomic mass is 16.1. The molecule has 0 unspecified atom stereocenters. The van der Waals surface area contributed by atoms with Gasteiger partial charge in [-0.25, -0.2) is 0 Å². The molecule has 1 aliphatic heterocycles. The van der Waals surface area contributed by atoms with Gasteiger partial charge >= 0.3 is 0 Å². The lowest BCUT2D eigenvalue weighted by molar-refractivity contribution is -0.126. The first-order valence-corrected chi connectivity index (χ1v) is 5.13. The van der Waals surface area contributed by atoms with Crippen molar-refractivity contribution in [2.24, 2.45) is 11.7 Å². The molecule has 0 amide bonds. The van der Waals surface area contributed by atoms with Crippen molar-refractivity contribution in [3.05, 3.63) is 0 Å². The summed E-state index contributed by atoms with van der Waals surface area (Å²) in [5, 5.41) is 0. The van der Waals surface area contributed by atoms with Crippen LogP contribution in [-0.4, -0.2) is 36.4 Å². The SMILES string of the molecule is CN1CCC(C(=O)C2(N)CC2)CC1. The Labute approximate surface area is 79.3 Å². The molecule has 2 aliphatic rings. The molecule has 1 heterocycles. The summed E-state index contributed by atoms with van der Waals surface area (Å²) in [6.45, 7) is 2.10. The summed E-state index contributed by atoms with van der Waals surface area (Å²) in [4.78, 5) is 14.1. The standard InChI is InChI=1S/C10H18N2O/c1-12-6-2-8(3-7-12)9(13)10(11)4-5-10/h8H,2-7,11H2,1H3. The summed E-state index contributed by atoms with van der Waals surface area (Å²) in [5.41, 5.74) is 5.49. The van der Waals surface area contributed by atoms with Crippen LogP contribution in [0.2, 0.25) is 0 Å². The number of Topliss-reactive ketones (excluding diaryl/α,β-unsaturated/α-hetero) is 1. The number of piperidine rings is 1. The van der Waals surface area contributed by atoms with Crippen LogP contribution in [0.3, 0.4) is 0 Å². The van der Waals surface area contributed by atoms with Gasteiger partial charge < -0.3 is 10.6 Å². The van der Waals surface area contributed by atoms with E-state index in [1.807, 2.05) is 0 Å². The lowest BCUT2D eigenvalue weighted by Gasteiger charge is -2.29. The van der Waals surface area contributed by atoms with E-state index in [1.165, 1.54) is 0 Å². The average molecular weight is 182 g/mol. The van der Waals surface area contributed by atoms with E-state index in [0.717, 1.165) is 38.8 Å². The molecule has 1 saturated carbocycles. The highest BCUT2D eigenvalue weighted by Gasteiger charge is 2.48. The average Bonchev–Trinajstić information content (AvgIpc) is 2.85. The number of hydrogen-bond donors (Lipinski definition) is 1. The molecule has 74 valence electrons. The maximum atomic E-state index is 11.8. The van der Waals surface area contributed by atoms with Crippen LogP contribution in [0.25, 0.3) is 0 Å². The first-order valence-electron chi connectivity index (χ1n) is 5.13.